The predicted octanol–water partition coefficient (Wildman–Crippen LogP) is 1.81. The van der Waals surface area contributed by atoms with E-state index in [0.29, 0.717) is 12.5 Å². The SMILES string of the molecule is NC(=O)CCNC1CCC2CCCCC2C1. The maximum atomic E-state index is 10.7. The molecule has 2 fully saturated rings. The average Bonchev–Trinajstić information content (AvgIpc) is 2.28. The fraction of sp³-hybridized carbons (Fsp3) is 0.923. The molecule has 2 aliphatic rings. The van der Waals surface area contributed by atoms with Gasteiger partial charge in [0.05, 0.1) is 0 Å². The van der Waals surface area contributed by atoms with Crippen molar-refractivity contribution in [2.75, 3.05) is 6.54 Å². The summed E-state index contributed by atoms with van der Waals surface area (Å²) in [5.74, 6) is 1.76. The third kappa shape index (κ3) is 3.21. The number of carbonyl (C=O) groups is 1. The molecule has 3 nitrogen and oxygen atoms in total. The Labute approximate surface area is 98.2 Å². The average molecular weight is 224 g/mol. The second-order valence-electron chi connectivity index (χ2n) is 5.49. The molecule has 16 heavy (non-hydrogen) atoms. The summed E-state index contributed by atoms with van der Waals surface area (Å²) in [5, 5.41) is 3.49. The van der Waals surface area contributed by atoms with Crippen molar-refractivity contribution in [2.24, 2.45) is 17.6 Å². The molecule has 3 unspecified atom stereocenters. The van der Waals surface area contributed by atoms with Crippen LogP contribution in [0.1, 0.15) is 51.4 Å². The van der Waals surface area contributed by atoms with Crippen LogP contribution in [0, 0.1) is 11.8 Å². The molecule has 0 aromatic rings. The van der Waals surface area contributed by atoms with Crippen molar-refractivity contribution >= 4 is 5.91 Å². The van der Waals surface area contributed by atoms with Crippen molar-refractivity contribution in [3.05, 3.63) is 0 Å². The Morgan fingerprint density at radius 3 is 2.62 bits per heavy atom. The number of nitrogens with one attached hydrogen (secondary N) is 1. The molecule has 0 radical (unpaired) electrons. The van der Waals surface area contributed by atoms with E-state index in [1.807, 2.05) is 0 Å². The Bertz CT molecular complexity index is 242. The second-order valence-corrected chi connectivity index (χ2v) is 5.49. The fourth-order valence-corrected chi connectivity index (χ4v) is 3.46. The third-order valence-corrected chi connectivity index (χ3v) is 4.34. The monoisotopic (exact) mass is 224 g/mol. The summed E-state index contributed by atoms with van der Waals surface area (Å²) in [7, 11) is 0. The van der Waals surface area contributed by atoms with Crippen LogP contribution in [0.3, 0.4) is 0 Å². The molecule has 0 spiro atoms. The molecule has 3 N–H and O–H groups in total. The molecular formula is C13H24N2O. The highest BCUT2D eigenvalue weighted by atomic mass is 16.1. The van der Waals surface area contributed by atoms with Crippen molar-refractivity contribution in [2.45, 2.75) is 57.4 Å². The van der Waals surface area contributed by atoms with Gasteiger partial charge in [-0.15, -0.1) is 0 Å². The van der Waals surface area contributed by atoms with Crippen LogP contribution in [0.4, 0.5) is 0 Å². The van der Waals surface area contributed by atoms with Gasteiger partial charge in [0, 0.05) is 19.0 Å². The summed E-state index contributed by atoms with van der Waals surface area (Å²) in [6, 6.07) is 0.638. The molecule has 3 atom stereocenters. The Morgan fingerprint density at radius 1 is 1.12 bits per heavy atom. The maximum absolute atomic E-state index is 10.7. The largest absolute Gasteiger partial charge is 0.370 e. The molecule has 3 heteroatoms. The Hall–Kier alpha value is -0.570. The third-order valence-electron chi connectivity index (χ3n) is 4.34. The molecule has 0 saturated heterocycles. The van der Waals surface area contributed by atoms with Crippen LogP contribution in [-0.2, 0) is 4.79 Å². The van der Waals surface area contributed by atoms with Crippen molar-refractivity contribution in [3.8, 4) is 0 Å². The van der Waals surface area contributed by atoms with Crippen molar-refractivity contribution < 1.29 is 4.79 Å². The lowest BCUT2D eigenvalue weighted by molar-refractivity contribution is -0.117. The van der Waals surface area contributed by atoms with Crippen LogP contribution in [0.25, 0.3) is 0 Å². The number of hydrogen-bond donors (Lipinski definition) is 2. The minimum atomic E-state index is -0.196. The van der Waals surface area contributed by atoms with Crippen molar-refractivity contribution in [1.29, 1.82) is 0 Å². The van der Waals surface area contributed by atoms with Crippen LogP contribution < -0.4 is 11.1 Å². The molecule has 0 aromatic carbocycles. The molecule has 0 aromatic heterocycles. The van der Waals surface area contributed by atoms with Crippen molar-refractivity contribution in [3.63, 3.8) is 0 Å². The lowest BCUT2D eigenvalue weighted by Crippen LogP contribution is -2.39. The highest BCUT2D eigenvalue weighted by Gasteiger charge is 2.31. The van der Waals surface area contributed by atoms with Crippen LogP contribution in [0.15, 0.2) is 0 Å². The topological polar surface area (TPSA) is 55.1 Å². The van der Waals surface area contributed by atoms with E-state index in [9.17, 15) is 4.79 Å². The van der Waals surface area contributed by atoms with Gasteiger partial charge in [0.25, 0.3) is 0 Å². The van der Waals surface area contributed by atoms with E-state index in [4.69, 9.17) is 5.73 Å². The van der Waals surface area contributed by atoms with Gasteiger partial charge >= 0.3 is 0 Å². The summed E-state index contributed by atoms with van der Waals surface area (Å²) in [5.41, 5.74) is 5.14. The number of fused-ring (bicyclic) bond motifs is 1. The number of nitrogens with two attached hydrogens (primary N) is 1. The molecule has 2 rings (SSSR count). The summed E-state index contributed by atoms with van der Waals surface area (Å²) in [6.45, 7) is 0.761. The number of amides is 1. The van der Waals surface area contributed by atoms with Gasteiger partial charge in [-0.2, -0.15) is 0 Å². The number of rotatable bonds is 4. The van der Waals surface area contributed by atoms with E-state index < -0.39 is 0 Å². The van der Waals surface area contributed by atoms with Gasteiger partial charge in [-0.25, -0.2) is 0 Å². The zero-order valence-corrected chi connectivity index (χ0v) is 10.1. The standard InChI is InChI=1S/C13H24N2O/c14-13(16)7-8-15-12-6-5-10-3-1-2-4-11(10)9-12/h10-12,15H,1-9H2,(H2,14,16). The zero-order valence-electron chi connectivity index (χ0n) is 10.1. The quantitative estimate of drug-likeness (QED) is 0.765. The molecule has 2 saturated carbocycles. The lowest BCUT2D eigenvalue weighted by Gasteiger charge is -2.39. The van der Waals surface area contributed by atoms with E-state index in [2.05, 4.69) is 5.32 Å². The molecule has 2 aliphatic carbocycles. The van der Waals surface area contributed by atoms with Crippen LogP contribution in [0.2, 0.25) is 0 Å². The van der Waals surface area contributed by atoms with E-state index in [1.165, 1.54) is 44.9 Å². The maximum Gasteiger partial charge on any atom is 0.218 e. The highest BCUT2D eigenvalue weighted by Crippen LogP contribution is 2.40. The van der Waals surface area contributed by atoms with E-state index in [1.54, 1.807) is 0 Å². The highest BCUT2D eigenvalue weighted by molar-refractivity contribution is 5.73. The van der Waals surface area contributed by atoms with Gasteiger partial charge in [0.1, 0.15) is 0 Å². The van der Waals surface area contributed by atoms with Crippen LogP contribution in [0.5, 0.6) is 0 Å². The summed E-state index contributed by atoms with van der Waals surface area (Å²) >= 11 is 0. The first-order chi connectivity index (χ1) is 7.75. The Balaban J connectivity index is 1.70. The van der Waals surface area contributed by atoms with Gasteiger partial charge < -0.3 is 11.1 Å². The normalized spacial score (nSPS) is 34.4. The van der Waals surface area contributed by atoms with Crippen LogP contribution >= 0.6 is 0 Å². The molecule has 0 bridgehead atoms. The molecular weight excluding hydrogens is 200 g/mol. The van der Waals surface area contributed by atoms with E-state index in [0.717, 1.165) is 18.4 Å². The predicted molar refractivity (Wildman–Crippen MR) is 64.9 cm³/mol. The van der Waals surface area contributed by atoms with Crippen LogP contribution in [-0.4, -0.2) is 18.5 Å². The zero-order chi connectivity index (χ0) is 11.4. The van der Waals surface area contributed by atoms with Gasteiger partial charge in [-0.05, 0) is 31.1 Å². The van der Waals surface area contributed by atoms with E-state index in [-0.39, 0.29) is 5.91 Å². The lowest BCUT2D eigenvalue weighted by atomic mass is 9.69. The number of carbonyl (C=O) groups excluding carboxylic acids is 1. The van der Waals surface area contributed by atoms with Gasteiger partial charge in [0.2, 0.25) is 5.91 Å². The number of primary amides is 1. The number of hydrogen-bond acceptors (Lipinski definition) is 2. The van der Waals surface area contributed by atoms with E-state index >= 15 is 0 Å². The Morgan fingerprint density at radius 2 is 1.88 bits per heavy atom. The van der Waals surface area contributed by atoms with Gasteiger partial charge in [0.15, 0.2) is 0 Å². The van der Waals surface area contributed by atoms with Gasteiger partial charge in [-0.1, -0.05) is 25.7 Å². The first-order valence-corrected chi connectivity index (χ1v) is 6.77. The fourth-order valence-electron chi connectivity index (χ4n) is 3.46. The summed E-state index contributed by atoms with van der Waals surface area (Å²) in [4.78, 5) is 10.7. The first-order valence-electron chi connectivity index (χ1n) is 6.77. The molecule has 0 aliphatic heterocycles. The first kappa shape index (κ1) is 11.9. The Kier molecular flexibility index (Phi) is 4.22. The summed E-state index contributed by atoms with van der Waals surface area (Å²) < 4.78 is 0. The minimum Gasteiger partial charge on any atom is -0.370 e. The molecule has 92 valence electrons. The molecule has 0 heterocycles. The van der Waals surface area contributed by atoms with Crippen molar-refractivity contribution in [1.82, 2.24) is 5.32 Å². The smallest absolute Gasteiger partial charge is 0.218 e. The molecule has 1 amide bonds. The summed E-state index contributed by atoms with van der Waals surface area (Å²) in [6.07, 6.45) is 10.2. The second kappa shape index (κ2) is 5.67. The minimum absolute atomic E-state index is 0.196. The van der Waals surface area contributed by atoms with Gasteiger partial charge in [-0.3, -0.25) is 4.79 Å².